The summed E-state index contributed by atoms with van der Waals surface area (Å²) in [5.41, 5.74) is 1.18. The first-order chi connectivity index (χ1) is 11.9. The first-order valence-electron chi connectivity index (χ1n) is 8.47. The molecule has 1 unspecified atom stereocenters. The highest BCUT2D eigenvalue weighted by Gasteiger charge is 2.26. The third kappa shape index (κ3) is 7.13. The van der Waals surface area contributed by atoms with Gasteiger partial charge >= 0.3 is 6.18 Å². The summed E-state index contributed by atoms with van der Waals surface area (Å²) in [5.74, 6) is 0.852. The molecule has 4 nitrogen and oxygen atoms in total. The summed E-state index contributed by atoms with van der Waals surface area (Å²) >= 11 is 3.48. The molecule has 1 aliphatic rings. The average molecular weight is 421 g/mol. The Morgan fingerprint density at radius 2 is 2.16 bits per heavy atom. The van der Waals surface area contributed by atoms with Gasteiger partial charge in [-0.3, -0.25) is 4.99 Å². The highest BCUT2D eigenvalue weighted by Crippen LogP contribution is 2.26. The van der Waals surface area contributed by atoms with Crippen LogP contribution in [0.3, 0.4) is 0 Å². The van der Waals surface area contributed by atoms with Crippen molar-refractivity contribution in [3.05, 3.63) is 28.7 Å². The Bertz CT molecular complexity index is 577. The summed E-state index contributed by atoms with van der Waals surface area (Å²) in [4.78, 5) is 6.77. The molecular weight excluding hydrogens is 397 g/mol. The monoisotopic (exact) mass is 420 g/mol. The van der Waals surface area contributed by atoms with Gasteiger partial charge in [-0.05, 0) is 37.5 Å². The Morgan fingerprint density at radius 1 is 1.36 bits per heavy atom. The molecule has 0 spiro atoms. The second-order valence-electron chi connectivity index (χ2n) is 6.09. The van der Waals surface area contributed by atoms with Crippen LogP contribution in [0.5, 0.6) is 0 Å². The van der Waals surface area contributed by atoms with E-state index in [1.807, 2.05) is 19.1 Å². The summed E-state index contributed by atoms with van der Waals surface area (Å²) in [6, 6.07) is 8.18. The lowest BCUT2D eigenvalue weighted by atomic mass is 10.1. The first-order valence-corrected chi connectivity index (χ1v) is 9.26. The quantitative estimate of drug-likeness (QED) is 0.543. The number of guanidine groups is 1. The maximum atomic E-state index is 12.2. The number of hydrogen-bond donors (Lipinski definition) is 2. The Morgan fingerprint density at radius 3 is 2.84 bits per heavy atom. The van der Waals surface area contributed by atoms with Crippen LogP contribution in [-0.4, -0.2) is 44.9 Å². The molecule has 0 radical (unpaired) electrons. The lowest BCUT2D eigenvalue weighted by molar-refractivity contribution is -0.132. The molecule has 0 saturated carbocycles. The normalized spacial score (nSPS) is 18.5. The predicted octanol–water partition coefficient (Wildman–Crippen LogP) is 3.78. The summed E-state index contributed by atoms with van der Waals surface area (Å²) in [5, 5.41) is 5.75. The fourth-order valence-corrected chi connectivity index (χ4v) is 3.16. The van der Waals surface area contributed by atoms with Crippen molar-refractivity contribution < 1.29 is 13.2 Å². The molecule has 1 heterocycles. The van der Waals surface area contributed by atoms with Gasteiger partial charge in [-0.2, -0.15) is 13.2 Å². The molecule has 0 aliphatic carbocycles. The van der Waals surface area contributed by atoms with E-state index in [1.165, 1.54) is 5.69 Å². The molecule has 2 rings (SSSR count). The van der Waals surface area contributed by atoms with Gasteiger partial charge in [0, 0.05) is 42.9 Å². The molecule has 140 valence electrons. The van der Waals surface area contributed by atoms with Crippen LogP contribution in [-0.2, 0) is 0 Å². The van der Waals surface area contributed by atoms with E-state index in [0.717, 1.165) is 24.0 Å². The maximum Gasteiger partial charge on any atom is 0.390 e. The molecule has 0 bridgehead atoms. The van der Waals surface area contributed by atoms with E-state index in [4.69, 9.17) is 0 Å². The van der Waals surface area contributed by atoms with Crippen molar-refractivity contribution in [2.24, 2.45) is 10.9 Å². The van der Waals surface area contributed by atoms with Crippen LogP contribution in [0.4, 0.5) is 18.9 Å². The standard InChI is InChI=1S/C17H24BrF3N4/c1-2-22-16(23-8-7-17(19,20)21)24-11-13-6-9-25(12-13)15-5-3-4-14(18)10-15/h3-5,10,13H,2,6-9,11-12H2,1H3,(H2,22,23,24). The van der Waals surface area contributed by atoms with Crippen molar-refractivity contribution in [3.63, 3.8) is 0 Å². The van der Waals surface area contributed by atoms with E-state index in [2.05, 4.69) is 48.6 Å². The van der Waals surface area contributed by atoms with Crippen LogP contribution in [0, 0.1) is 5.92 Å². The molecule has 2 N–H and O–H groups in total. The van der Waals surface area contributed by atoms with E-state index in [-0.39, 0.29) is 6.54 Å². The molecule has 1 aromatic carbocycles. The fourth-order valence-electron chi connectivity index (χ4n) is 2.77. The summed E-state index contributed by atoms with van der Waals surface area (Å²) in [6.45, 7) is 4.82. The third-order valence-corrected chi connectivity index (χ3v) is 4.51. The van der Waals surface area contributed by atoms with Crippen molar-refractivity contribution in [3.8, 4) is 0 Å². The first kappa shape index (κ1) is 19.9. The molecular formula is C17H24BrF3N4. The number of aliphatic imine (C=N–C) groups is 1. The number of nitrogens with one attached hydrogen (secondary N) is 2. The minimum atomic E-state index is -4.15. The number of alkyl halides is 3. The number of rotatable bonds is 6. The van der Waals surface area contributed by atoms with Gasteiger partial charge in [0.2, 0.25) is 0 Å². The zero-order valence-corrected chi connectivity index (χ0v) is 15.8. The third-order valence-electron chi connectivity index (χ3n) is 4.01. The number of hydrogen-bond acceptors (Lipinski definition) is 2. The largest absolute Gasteiger partial charge is 0.390 e. The minimum absolute atomic E-state index is 0.163. The van der Waals surface area contributed by atoms with Gasteiger partial charge in [0.1, 0.15) is 0 Å². The van der Waals surface area contributed by atoms with E-state index in [0.29, 0.717) is 25.0 Å². The number of halogens is 4. The topological polar surface area (TPSA) is 39.7 Å². The number of anilines is 1. The molecule has 1 aliphatic heterocycles. The van der Waals surface area contributed by atoms with Crippen LogP contribution in [0.25, 0.3) is 0 Å². The van der Waals surface area contributed by atoms with Crippen molar-refractivity contribution in [2.75, 3.05) is 37.6 Å². The van der Waals surface area contributed by atoms with Gasteiger partial charge in [-0.1, -0.05) is 22.0 Å². The Hall–Kier alpha value is -1.44. The molecule has 8 heteroatoms. The molecule has 0 amide bonds. The van der Waals surface area contributed by atoms with Gasteiger partial charge in [-0.25, -0.2) is 0 Å². The highest BCUT2D eigenvalue weighted by atomic mass is 79.9. The lowest BCUT2D eigenvalue weighted by Crippen LogP contribution is -2.39. The van der Waals surface area contributed by atoms with Crippen LogP contribution >= 0.6 is 15.9 Å². The minimum Gasteiger partial charge on any atom is -0.371 e. The Balaban J connectivity index is 1.84. The molecule has 25 heavy (non-hydrogen) atoms. The van der Waals surface area contributed by atoms with Crippen LogP contribution in [0.15, 0.2) is 33.7 Å². The van der Waals surface area contributed by atoms with E-state index < -0.39 is 12.6 Å². The molecule has 1 aromatic rings. The average Bonchev–Trinajstić information content (AvgIpc) is 3.00. The zero-order valence-electron chi connectivity index (χ0n) is 14.2. The number of benzene rings is 1. The van der Waals surface area contributed by atoms with E-state index in [1.54, 1.807) is 0 Å². The van der Waals surface area contributed by atoms with Gasteiger partial charge in [0.15, 0.2) is 5.96 Å². The van der Waals surface area contributed by atoms with Gasteiger partial charge in [-0.15, -0.1) is 0 Å². The Kier molecular flexibility index (Phi) is 7.40. The smallest absolute Gasteiger partial charge is 0.371 e. The summed E-state index contributed by atoms with van der Waals surface area (Å²) in [7, 11) is 0. The molecule has 0 aromatic heterocycles. The Labute approximate surface area is 155 Å². The molecule has 1 fully saturated rings. The van der Waals surface area contributed by atoms with E-state index in [9.17, 15) is 13.2 Å². The van der Waals surface area contributed by atoms with Crippen molar-refractivity contribution in [1.82, 2.24) is 10.6 Å². The second-order valence-corrected chi connectivity index (χ2v) is 7.01. The number of nitrogens with zero attached hydrogens (tertiary/aromatic N) is 2. The van der Waals surface area contributed by atoms with Crippen LogP contribution < -0.4 is 15.5 Å². The van der Waals surface area contributed by atoms with Crippen molar-refractivity contribution >= 4 is 27.6 Å². The van der Waals surface area contributed by atoms with Gasteiger partial charge in [0.25, 0.3) is 0 Å². The SMILES string of the molecule is CCNC(=NCC1CCN(c2cccc(Br)c2)C1)NCCC(F)(F)F. The van der Waals surface area contributed by atoms with Crippen molar-refractivity contribution in [2.45, 2.75) is 25.9 Å². The zero-order chi connectivity index (χ0) is 18.3. The predicted molar refractivity (Wildman–Crippen MR) is 99.1 cm³/mol. The fraction of sp³-hybridized carbons (Fsp3) is 0.588. The van der Waals surface area contributed by atoms with Crippen molar-refractivity contribution in [1.29, 1.82) is 0 Å². The summed E-state index contributed by atoms with van der Waals surface area (Å²) in [6.07, 6.45) is -3.99. The maximum absolute atomic E-state index is 12.2. The van der Waals surface area contributed by atoms with Crippen LogP contribution in [0.2, 0.25) is 0 Å². The highest BCUT2D eigenvalue weighted by molar-refractivity contribution is 9.10. The van der Waals surface area contributed by atoms with Gasteiger partial charge in [0.05, 0.1) is 6.42 Å². The van der Waals surface area contributed by atoms with Gasteiger partial charge < -0.3 is 15.5 Å². The lowest BCUT2D eigenvalue weighted by Gasteiger charge is -2.19. The summed E-state index contributed by atoms with van der Waals surface area (Å²) < 4.78 is 37.8. The molecule has 1 saturated heterocycles. The second kappa shape index (κ2) is 9.31. The molecule has 1 atom stereocenters. The van der Waals surface area contributed by atoms with E-state index >= 15 is 0 Å². The van der Waals surface area contributed by atoms with Crippen LogP contribution in [0.1, 0.15) is 19.8 Å².